The molecule has 0 unspecified atom stereocenters. The highest BCUT2D eigenvalue weighted by atomic mass is 79.9. The van der Waals surface area contributed by atoms with E-state index in [1.807, 2.05) is 0 Å². The summed E-state index contributed by atoms with van der Waals surface area (Å²) in [7, 11) is 0. The largest absolute Gasteiger partial charge is 0.311 e. The van der Waals surface area contributed by atoms with Gasteiger partial charge in [-0.1, -0.05) is 22.0 Å². The highest BCUT2D eigenvalue weighted by molar-refractivity contribution is 9.10. The zero-order chi connectivity index (χ0) is 12.9. The summed E-state index contributed by atoms with van der Waals surface area (Å²) in [6, 6.07) is 6.51. The summed E-state index contributed by atoms with van der Waals surface area (Å²) in [4.78, 5) is 0. The Morgan fingerprint density at radius 3 is 2.41 bits per heavy atom. The average molecular weight is 299 g/mol. The van der Waals surface area contributed by atoms with Crippen LogP contribution in [-0.2, 0) is 6.54 Å². The molecule has 0 aliphatic rings. The van der Waals surface area contributed by atoms with E-state index < -0.39 is 0 Å². The van der Waals surface area contributed by atoms with Gasteiger partial charge in [-0.2, -0.15) is 0 Å². The predicted octanol–water partition coefficient (Wildman–Crippen LogP) is 3.24. The second-order valence-electron chi connectivity index (χ2n) is 5.49. The third-order valence-electron chi connectivity index (χ3n) is 2.39. The van der Waals surface area contributed by atoms with E-state index in [4.69, 9.17) is 0 Å². The molecule has 0 atom stereocenters. The third-order valence-corrected chi connectivity index (χ3v) is 2.85. The summed E-state index contributed by atoms with van der Waals surface area (Å²) in [6.45, 7) is 11.6. The van der Waals surface area contributed by atoms with Gasteiger partial charge in [0.2, 0.25) is 0 Å². The molecule has 0 heterocycles. The van der Waals surface area contributed by atoms with Crippen molar-refractivity contribution in [1.29, 1.82) is 0 Å². The monoisotopic (exact) mass is 298 g/mol. The minimum Gasteiger partial charge on any atom is -0.311 e. The van der Waals surface area contributed by atoms with Crippen LogP contribution in [0.2, 0.25) is 0 Å². The number of rotatable bonds is 5. The van der Waals surface area contributed by atoms with E-state index in [-0.39, 0.29) is 5.54 Å². The third kappa shape index (κ3) is 6.81. The van der Waals surface area contributed by atoms with Gasteiger partial charge in [0.25, 0.3) is 0 Å². The number of nitrogens with one attached hydrogen (secondary N) is 2. The smallest absolute Gasteiger partial charge is 0.0206 e. The Balaban J connectivity index is 2.27. The van der Waals surface area contributed by atoms with Gasteiger partial charge < -0.3 is 10.6 Å². The molecular formula is C14H23BrN2. The summed E-state index contributed by atoms with van der Waals surface area (Å²) in [6.07, 6.45) is 0. The second kappa shape index (κ2) is 6.53. The maximum atomic E-state index is 3.52. The van der Waals surface area contributed by atoms with Gasteiger partial charge in [-0.3, -0.25) is 0 Å². The standard InChI is InChI=1S/C14H23BrN2/c1-11-7-12(9-13(15)8-11)10-16-5-6-17-14(2,3)4/h7-9,16-17H,5-6,10H2,1-4H3. The summed E-state index contributed by atoms with van der Waals surface area (Å²) >= 11 is 3.52. The van der Waals surface area contributed by atoms with Gasteiger partial charge in [-0.05, 0) is 51.0 Å². The molecule has 1 aromatic carbocycles. The molecule has 0 spiro atoms. The molecule has 3 heteroatoms. The lowest BCUT2D eigenvalue weighted by Crippen LogP contribution is -2.40. The minimum atomic E-state index is 0.202. The Labute approximate surface area is 113 Å². The van der Waals surface area contributed by atoms with Crippen LogP contribution in [0.3, 0.4) is 0 Å². The number of halogens is 1. The Morgan fingerprint density at radius 2 is 1.82 bits per heavy atom. The van der Waals surface area contributed by atoms with Crippen LogP contribution >= 0.6 is 15.9 Å². The SMILES string of the molecule is Cc1cc(Br)cc(CNCCNC(C)(C)C)c1. The fourth-order valence-corrected chi connectivity index (χ4v) is 2.33. The average Bonchev–Trinajstić information content (AvgIpc) is 2.13. The van der Waals surface area contributed by atoms with Crippen molar-refractivity contribution in [1.82, 2.24) is 10.6 Å². The van der Waals surface area contributed by atoms with E-state index in [0.29, 0.717) is 0 Å². The molecule has 1 rings (SSSR count). The molecule has 0 fully saturated rings. The van der Waals surface area contributed by atoms with Crippen LogP contribution < -0.4 is 10.6 Å². The molecule has 1 aromatic rings. The van der Waals surface area contributed by atoms with Gasteiger partial charge in [-0.25, -0.2) is 0 Å². The zero-order valence-corrected chi connectivity index (χ0v) is 12.8. The van der Waals surface area contributed by atoms with Crippen LogP contribution in [0.5, 0.6) is 0 Å². The van der Waals surface area contributed by atoms with Crippen molar-refractivity contribution in [3.63, 3.8) is 0 Å². The van der Waals surface area contributed by atoms with Crippen molar-refractivity contribution in [2.75, 3.05) is 13.1 Å². The van der Waals surface area contributed by atoms with Crippen LogP contribution in [0, 0.1) is 6.92 Å². The van der Waals surface area contributed by atoms with Crippen LogP contribution in [0.1, 0.15) is 31.9 Å². The van der Waals surface area contributed by atoms with Crippen LogP contribution in [0.4, 0.5) is 0 Å². The van der Waals surface area contributed by atoms with E-state index in [9.17, 15) is 0 Å². The molecule has 0 aliphatic carbocycles. The molecule has 0 bridgehead atoms. The van der Waals surface area contributed by atoms with Crippen molar-refractivity contribution >= 4 is 15.9 Å². The van der Waals surface area contributed by atoms with E-state index in [2.05, 4.69) is 72.5 Å². The first-order valence-corrected chi connectivity index (χ1v) is 6.88. The topological polar surface area (TPSA) is 24.1 Å². The summed E-state index contributed by atoms with van der Waals surface area (Å²) in [5.41, 5.74) is 2.82. The first-order valence-electron chi connectivity index (χ1n) is 6.09. The molecule has 0 saturated heterocycles. The highest BCUT2D eigenvalue weighted by Crippen LogP contribution is 2.14. The molecular weight excluding hydrogens is 276 g/mol. The van der Waals surface area contributed by atoms with Gasteiger partial charge in [0.1, 0.15) is 0 Å². The molecule has 0 radical (unpaired) electrons. The van der Waals surface area contributed by atoms with E-state index in [1.165, 1.54) is 11.1 Å². The lowest BCUT2D eigenvalue weighted by molar-refractivity contribution is 0.421. The Kier molecular flexibility index (Phi) is 5.63. The molecule has 2 N–H and O–H groups in total. The number of hydrogen-bond donors (Lipinski definition) is 2. The first-order chi connectivity index (χ1) is 7.87. The second-order valence-corrected chi connectivity index (χ2v) is 6.41. The lowest BCUT2D eigenvalue weighted by atomic mass is 10.1. The first kappa shape index (κ1) is 14.7. The molecule has 0 aromatic heterocycles. The van der Waals surface area contributed by atoms with Crippen LogP contribution in [0.25, 0.3) is 0 Å². The summed E-state index contributed by atoms with van der Waals surface area (Å²) in [5.74, 6) is 0. The van der Waals surface area contributed by atoms with Crippen molar-refractivity contribution < 1.29 is 0 Å². The predicted molar refractivity (Wildman–Crippen MR) is 78.3 cm³/mol. The molecule has 0 aliphatic heterocycles. The van der Waals surface area contributed by atoms with E-state index >= 15 is 0 Å². The van der Waals surface area contributed by atoms with Crippen molar-refractivity contribution in [2.45, 2.75) is 39.8 Å². The summed E-state index contributed by atoms with van der Waals surface area (Å²) < 4.78 is 1.15. The van der Waals surface area contributed by atoms with Crippen molar-refractivity contribution in [2.24, 2.45) is 0 Å². The maximum Gasteiger partial charge on any atom is 0.0206 e. The molecule has 0 amide bonds. The van der Waals surface area contributed by atoms with Gasteiger partial charge in [0, 0.05) is 29.6 Å². The Morgan fingerprint density at radius 1 is 1.12 bits per heavy atom. The van der Waals surface area contributed by atoms with E-state index in [0.717, 1.165) is 24.1 Å². The van der Waals surface area contributed by atoms with Gasteiger partial charge in [0.05, 0.1) is 0 Å². The van der Waals surface area contributed by atoms with Gasteiger partial charge in [-0.15, -0.1) is 0 Å². The minimum absolute atomic E-state index is 0.202. The fraction of sp³-hybridized carbons (Fsp3) is 0.571. The van der Waals surface area contributed by atoms with E-state index in [1.54, 1.807) is 0 Å². The summed E-state index contributed by atoms with van der Waals surface area (Å²) in [5, 5.41) is 6.90. The van der Waals surface area contributed by atoms with Crippen LogP contribution in [0.15, 0.2) is 22.7 Å². The Hall–Kier alpha value is -0.380. The molecule has 0 saturated carbocycles. The van der Waals surface area contributed by atoms with Crippen molar-refractivity contribution in [3.05, 3.63) is 33.8 Å². The quantitative estimate of drug-likeness (QED) is 0.816. The van der Waals surface area contributed by atoms with Crippen LogP contribution in [-0.4, -0.2) is 18.6 Å². The van der Waals surface area contributed by atoms with Crippen molar-refractivity contribution in [3.8, 4) is 0 Å². The van der Waals surface area contributed by atoms with Gasteiger partial charge in [0.15, 0.2) is 0 Å². The highest BCUT2D eigenvalue weighted by Gasteiger charge is 2.06. The number of aryl methyl sites for hydroxylation is 1. The number of benzene rings is 1. The molecule has 2 nitrogen and oxygen atoms in total. The molecule has 96 valence electrons. The molecule has 17 heavy (non-hydrogen) atoms. The lowest BCUT2D eigenvalue weighted by Gasteiger charge is -2.20. The normalized spacial score (nSPS) is 11.8. The van der Waals surface area contributed by atoms with Gasteiger partial charge >= 0.3 is 0 Å². The Bertz CT molecular complexity index is 335. The maximum absolute atomic E-state index is 3.52. The fourth-order valence-electron chi connectivity index (χ4n) is 1.67. The zero-order valence-electron chi connectivity index (χ0n) is 11.2. The number of hydrogen-bond acceptors (Lipinski definition) is 2.